The molecule has 1 saturated heterocycles. The highest BCUT2D eigenvalue weighted by Crippen LogP contribution is 2.36. The molecule has 0 amide bonds. The molecule has 3 rings (SSSR count). The summed E-state index contributed by atoms with van der Waals surface area (Å²) in [5, 5.41) is 0. The van der Waals surface area contributed by atoms with E-state index in [9.17, 15) is 8.42 Å². The van der Waals surface area contributed by atoms with E-state index >= 15 is 0 Å². The average molecular weight is 340 g/mol. The van der Waals surface area contributed by atoms with E-state index in [2.05, 4.69) is 21.8 Å². The quantitative estimate of drug-likeness (QED) is 0.802. The summed E-state index contributed by atoms with van der Waals surface area (Å²) >= 11 is 0. The second-order valence-electron chi connectivity index (χ2n) is 6.50. The van der Waals surface area contributed by atoms with Crippen molar-refractivity contribution in [1.29, 1.82) is 0 Å². The largest absolute Gasteiger partial charge is 0.368 e. The maximum atomic E-state index is 11.6. The highest BCUT2D eigenvalue weighted by molar-refractivity contribution is 7.86. The molecule has 0 aromatic carbocycles. The van der Waals surface area contributed by atoms with E-state index in [-0.39, 0.29) is 24.0 Å². The third kappa shape index (κ3) is 3.64. The van der Waals surface area contributed by atoms with Gasteiger partial charge in [0.05, 0.1) is 12.4 Å². The van der Waals surface area contributed by atoms with Crippen LogP contribution in [-0.2, 0) is 27.1 Å². The molecule has 7 nitrogen and oxygen atoms in total. The molecule has 1 aliphatic carbocycles. The number of rotatable bonds is 4. The van der Waals surface area contributed by atoms with Crippen LogP contribution in [0.15, 0.2) is 6.20 Å². The summed E-state index contributed by atoms with van der Waals surface area (Å²) in [5.41, 5.74) is 7.74. The molecule has 1 aliphatic heterocycles. The van der Waals surface area contributed by atoms with Crippen LogP contribution in [0.3, 0.4) is 0 Å². The first-order valence-electron chi connectivity index (χ1n) is 8.10. The van der Waals surface area contributed by atoms with Crippen molar-refractivity contribution in [1.82, 2.24) is 14.9 Å². The van der Waals surface area contributed by atoms with E-state index in [0.717, 1.165) is 49.9 Å². The molecule has 1 fully saturated rings. The van der Waals surface area contributed by atoms with E-state index in [1.807, 2.05) is 0 Å². The van der Waals surface area contributed by atoms with E-state index in [0.29, 0.717) is 6.42 Å². The number of anilines is 1. The van der Waals surface area contributed by atoms with Crippen LogP contribution in [0.4, 0.5) is 5.95 Å². The predicted molar refractivity (Wildman–Crippen MR) is 87.3 cm³/mol. The average Bonchev–Trinajstić information content (AvgIpc) is 2.47. The van der Waals surface area contributed by atoms with E-state index in [1.165, 1.54) is 0 Å². The summed E-state index contributed by atoms with van der Waals surface area (Å²) in [4.78, 5) is 10.9. The van der Waals surface area contributed by atoms with Crippen molar-refractivity contribution in [3.05, 3.63) is 17.5 Å². The molecule has 2 aliphatic rings. The van der Waals surface area contributed by atoms with Gasteiger partial charge in [0.2, 0.25) is 5.95 Å². The number of hydrogen-bond donors (Lipinski definition) is 1. The lowest BCUT2D eigenvalue weighted by Crippen LogP contribution is -2.55. The van der Waals surface area contributed by atoms with Crippen molar-refractivity contribution in [3.63, 3.8) is 0 Å². The molecule has 1 aromatic heterocycles. The number of hydrogen-bond acceptors (Lipinski definition) is 7. The van der Waals surface area contributed by atoms with Crippen molar-refractivity contribution in [3.8, 4) is 0 Å². The summed E-state index contributed by atoms with van der Waals surface area (Å²) in [5.74, 6) is 0.385. The molecule has 2 heterocycles. The van der Waals surface area contributed by atoms with Gasteiger partial charge < -0.3 is 5.73 Å². The molecule has 0 radical (unpaired) electrons. The van der Waals surface area contributed by atoms with Crippen molar-refractivity contribution < 1.29 is 12.6 Å². The molecule has 1 aromatic rings. The molecular weight excluding hydrogens is 316 g/mol. The van der Waals surface area contributed by atoms with E-state index < -0.39 is 10.1 Å². The van der Waals surface area contributed by atoms with Crippen molar-refractivity contribution >= 4 is 16.1 Å². The Kier molecular flexibility index (Phi) is 4.57. The minimum absolute atomic E-state index is 0.117. The maximum Gasteiger partial charge on any atom is 0.264 e. The first kappa shape index (κ1) is 16.6. The molecule has 3 unspecified atom stereocenters. The lowest BCUT2D eigenvalue weighted by molar-refractivity contribution is -0.00434. The summed E-state index contributed by atoms with van der Waals surface area (Å²) in [7, 11) is -3.47. The number of aromatic nitrogens is 2. The van der Waals surface area contributed by atoms with Crippen LogP contribution in [0.25, 0.3) is 0 Å². The van der Waals surface area contributed by atoms with Gasteiger partial charge in [-0.05, 0) is 37.8 Å². The molecule has 3 atom stereocenters. The van der Waals surface area contributed by atoms with Crippen LogP contribution in [0, 0.1) is 5.92 Å². The molecule has 0 saturated carbocycles. The number of nitrogens with zero attached hydrogens (tertiary/aromatic N) is 3. The van der Waals surface area contributed by atoms with Gasteiger partial charge in [0.15, 0.2) is 0 Å². The molecule has 8 heteroatoms. The van der Waals surface area contributed by atoms with E-state index in [1.54, 1.807) is 6.20 Å². The van der Waals surface area contributed by atoms with Crippen LogP contribution in [0.1, 0.15) is 31.0 Å². The highest BCUT2D eigenvalue weighted by Gasteiger charge is 2.43. The van der Waals surface area contributed by atoms with Crippen molar-refractivity contribution in [2.75, 3.05) is 25.1 Å². The number of piperidine rings is 1. The Morgan fingerprint density at radius 2 is 2.22 bits per heavy atom. The van der Waals surface area contributed by atoms with Crippen LogP contribution < -0.4 is 5.73 Å². The summed E-state index contributed by atoms with van der Waals surface area (Å²) < 4.78 is 28.6. The second-order valence-corrected chi connectivity index (χ2v) is 8.10. The number of nitrogens with two attached hydrogens (primary N) is 1. The molecule has 0 bridgehead atoms. The first-order valence-corrected chi connectivity index (χ1v) is 9.91. The van der Waals surface area contributed by atoms with Gasteiger partial charge in [0.25, 0.3) is 10.1 Å². The Hall–Kier alpha value is -1.25. The minimum atomic E-state index is -3.47. The van der Waals surface area contributed by atoms with Gasteiger partial charge in [0.1, 0.15) is 0 Å². The number of nitrogen functional groups attached to an aromatic ring is 1. The Balaban J connectivity index is 1.90. The van der Waals surface area contributed by atoms with Gasteiger partial charge in [-0.2, -0.15) is 8.42 Å². The zero-order valence-electron chi connectivity index (χ0n) is 13.6. The van der Waals surface area contributed by atoms with Gasteiger partial charge in [0, 0.05) is 30.4 Å². The van der Waals surface area contributed by atoms with Gasteiger partial charge in [-0.3, -0.25) is 9.08 Å². The minimum Gasteiger partial charge on any atom is -0.368 e. The number of fused-ring (bicyclic) bond motifs is 2. The topological polar surface area (TPSA) is 98.4 Å². The van der Waals surface area contributed by atoms with Crippen molar-refractivity contribution in [2.45, 2.75) is 44.8 Å². The monoisotopic (exact) mass is 340 g/mol. The van der Waals surface area contributed by atoms with Gasteiger partial charge in [-0.25, -0.2) is 9.97 Å². The summed E-state index contributed by atoms with van der Waals surface area (Å²) in [6.07, 6.45) is 5.95. The fourth-order valence-corrected chi connectivity index (χ4v) is 4.59. The third-order valence-electron chi connectivity index (χ3n) is 4.78. The van der Waals surface area contributed by atoms with Gasteiger partial charge in [-0.15, -0.1) is 0 Å². The van der Waals surface area contributed by atoms with Gasteiger partial charge >= 0.3 is 0 Å². The fourth-order valence-electron chi connectivity index (χ4n) is 3.90. The molecule has 23 heavy (non-hydrogen) atoms. The zero-order chi connectivity index (χ0) is 16.6. The summed E-state index contributed by atoms with van der Waals surface area (Å²) in [6, 6.07) is 0.273. The van der Waals surface area contributed by atoms with Crippen molar-refractivity contribution in [2.24, 2.45) is 5.92 Å². The standard InChI is InChI=1S/C15H24N4O3S/c1-3-5-19-6-4-14(22-23(2,20)21)11-8-12-10(7-13(11)19)9-17-15(16)18-12/h9,11,13-14H,3-8H2,1-2H3,(H2,16,17,18). The van der Waals surface area contributed by atoms with Crippen LogP contribution in [0.2, 0.25) is 0 Å². The summed E-state index contributed by atoms with van der Waals surface area (Å²) in [6.45, 7) is 4.03. The van der Waals surface area contributed by atoms with Crippen LogP contribution >= 0.6 is 0 Å². The van der Waals surface area contributed by atoms with Crippen LogP contribution in [0.5, 0.6) is 0 Å². The second kappa shape index (κ2) is 6.33. The molecule has 0 spiro atoms. The Bertz CT molecular complexity index is 679. The zero-order valence-corrected chi connectivity index (χ0v) is 14.4. The Labute approximate surface area is 137 Å². The smallest absolute Gasteiger partial charge is 0.264 e. The Morgan fingerprint density at radius 1 is 1.43 bits per heavy atom. The SMILES string of the molecule is CCCN1CCC(OS(C)(=O)=O)C2Cc3nc(N)ncc3CC21. The van der Waals surface area contributed by atoms with Crippen LogP contribution in [-0.4, -0.2) is 54.8 Å². The van der Waals surface area contributed by atoms with E-state index in [4.69, 9.17) is 9.92 Å². The lowest BCUT2D eigenvalue weighted by atomic mass is 9.75. The maximum absolute atomic E-state index is 11.6. The highest BCUT2D eigenvalue weighted by atomic mass is 32.2. The molecular formula is C15H24N4O3S. The molecule has 2 N–H and O–H groups in total. The predicted octanol–water partition coefficient (Wildman–Crippen LogP) is 0.603. The normalized spacial score (nSPS) is 28.2. The molecule has 128 valence electrons. The first-order chi connectivity index (χ1) is 10.9. The van der Waals surface area contributed by atoms with Gasteiger partial charge in [-0.1, -0.05) is 6.92 Å². The third-order valence-corrected chi connectivity index (χ3v) is 5.38. The number of likely N-dealkylation sites (tertiary alicyclic amines) is 1. The lowest BCUT2D eigenvalue weighted by Gasteiger charge is -2.47. The fraction of sp³-hybridized carbons (Fsp3) is 0.733. The Morgan fingerprint density at radius 3 is 2.91 bits per heavy atom.